The van der Waals surface area contributed by atoms with Gasteiger partial charge in [-0.15, -0.1) is 0 Å². The Bertz CT molecular complexity index is 1120. The molecule has 0 heterocycles. The molecule has 0 unspecified atom stereocenters. The highest BCUT2D eigenvalue weighted by atomic mass is 32.2. The van der Waals surface area contributed by atoms with Crippen LogP contribution in [0.1, 0.15) is 46.6 Å². The minimum Gasteiger partial charge on any atom is -0.390 e. The lowest BCUT2D eigenvalue weighted by Crippen LogP contribution is -2.54. The zero-order chi connectivity index (χ0) is 27.8. The van der Waals surface area contributed by atoms with Crippen LogP contribution in [-0.2, 0) is 26.0 Å². The minimum absolute atomic E-state index is 0.145. The number of nitrogens with two attached hydrogens (primary N) is 1. The van der Waals surface area contributed by atoms with Crippen molar-refractivity contribution >= 4 is 21.8 Å². The van der Waals surface area contributed by atoms with Crippen LogP contribution >= 0.6 is 0 Å². The maximum absolute atomic E-state index is 13.5. The highest BCUT2D eigenvalue weighted by Crippen LogP contribution is 2.27. The molecule has 37 heavy (non-hydrogen) atoms. The molecule has 0 aromatic heterocycles. The summed E-state index contributed by atoms with van der Waals surface area (Å²) in [6.45, 7) is 8.85. The van der Waals surface area contributed by atoms with Crippen molar-refractivity contribution in [3.63, 3.8) is 0 Å². The smallest absolute Gasteiger partial charge is 0.243 e. The second-order valence-electron chi connectivity index (χ2n) is 10.5. The van der Waals surface area contributed by atoms with Crippen molar-refractivity contribution in [1.29, 1.82) is 0 Å². The van der Waals surface area contributed by atoms with E-state index in [1.807, 2.05) is 44.2 Å². The fourth-order valence-corrected chi connectivity index (χ4v) is 5.28. The number of hydrogen-bond donors (Lipinski definition) is 3. The Morgan fingerprint density at radius 3 is 2.05 bits per heavy atom. The van der Waals surface area contributed by atoms with Gasteiger partial charge in [0.05, 0.1) is 22.5 Å². The third-order valence-corrected chi connectivity index (χ3v) is 8.81. The second-order valence-corrected chi connectivity index (χ2v) is 12.5. The molecule has 4 N–H and O–H groups in total. The predicted octanol–water partition coefficient (Wildman–Crippen LogP) is 2.96. The quantitative estimate of drug-likeness (QED) is 0.345. The summed E-state index contributed by atoms with van der Waals surface area (Å²) in [7, 11) is -3.88. The average molecular weight is 532 g/mol. The van der Waals surface area contributed by atoms with Crippen molar-refractivity contribution in [3.05, 3.63) is 66.2 Å². The molecule has 0 spiro atoms. The molecular formula is C28H41N3O5S. The lowest BCUT2D eigenvalue weighted by Gasteiger charge is -2.33. The average Bonchev–Trinajstić information content (AvgIpc) is 2.86. The van der Waals surface area contributed by atoms with Gasteiger partial charge in [-0.3, -0.25) is 9.59 Å². The SMILES string of the molecule is CC(C)CCN(C[C@@H](O)[C@H](Cc1ccccc1)NC(=O)[C@H](C)C(C)(C)C(N)=O)S(=O)(=O)c1ccccc1. The van der Waals surface area contributed by atoms with E-state index in [2.05, 4.69) is 5.32 Å². The first-order valence-electron chi connectivity index (χ1n) is 12.6. The van der Waals surface area contributed by atoms with E-state index in [4.69, 9.17) is 5.73 Å². The Balaban J connectivity index is 2.35. The van der Waals surface area contributed by atoms with Crippen LogP contribution in [0.4, 0.5) is 0 Å². The first kappa shape index (κ1) is 30.5. The molecule has 0 radical (unpaired) electrons. The van der Waals surface area contributed by atoms with Crippen molar-refractivity contribution in [1.82, 2.24) is 9.62 Å². The number of aliphatic hydroxyl groups is 1. The van der Waals surface area contributed by atoms with Gasteiger partial charge in [-0.1, -0.05) is 83.1 Å². The lowest BCUT2D eigenvalue weighted by atomic mass is 9.78. The van der Waals surface area contributed by atoms with Crippen molar-refractivity contribution in [2.24, 2.45) is 23.0 Å². The fourth-order valence-electron chi connectivity index (χ4n) is 3.79. The van der Waals surface area contributed by atoms with Crippen LogP contribution in [0.2, 0.25) is 0 Å². The van der Waals surface area contributed by atoms with Gasteiger partial charge in [-0.2, -0.15) is 4.31 Å². The molecule has 8 nitrogen and oxygen atoms in total. The molecule has 0 saturated heterocycles. The molecule has 0 fully saturated rings. The molecule has 2 aromatic carbocycles. The van der Waals surface area contributed by atoms with E-state index < -0.39 is 45.3 Å². The van der Waals surface area contributed by atoms with Gasteiger partial charge in [0, 0.05) is 19.0 Å². The van der Waals surface area contributed by atoms with E-state index in [0.29, 0.717) is 6.42 Å². The number of amides is 2. The number of primary amides is 1. The highest BCUT2D eigenvalue weighted by Gasteiger charge is 2.38. The number of aliphatic hydroxyl groups excluding tert-OH is 1. The largest absolute Gasteiger partial charge is 0.390 e. The zero-order valence-corrected chi connectivity index (χ0v) is 23.2. The summed E-state index contributed by atoms with van der Waals surface area (Å²) in [5.74, 6) is -1.56. The van der Waals surface area contributed by atoms with E-state index in [-0.39, 0.29) is 30.3 Å². The van der Waals surface area contributed by atoms with Crippen molar-refractivity contribution in [2.75, 3.05) is 13.1 Å². The standard InChI is InChI=1S/C28H41N3O5S/c1-20(2)16-17-31(37(35,36)23-14-10-7-11-15-23)19-25(32)24(18-22-12-8-6-9-13-22)30-26(33)21(3)28(4,5)27(29)34/h6-15,20-21,24-25,32H,16-19H2,1-5H3,(H2,29,34)(H,30,33)/t21-,24-,25+/m0/s1. The maximum Gasteiger partial charge on any atom is 0.243 e. The van der Waals surface area contributed by atoms with Crippen LogP contribution in [0, 0.1) is 17.3 Å². The van der Waals surface area contributed by atoms with Gasteiger partial charge < -0.3 is 16.2 Å². The van der Waals surface area contributed by atoms with E-state index in [1.165, 1.54) is 16.4 Å². The van der Waals surface area contributed by atoms with Gasteiger partial charge in [0.1, 0.15) is 0 Å². The van der Waals surface area contributed by atoms with Crippen molar-refractivity contribution in [2.45, 2.75) is 64.5 Å². The summed E-state index contributed by atoms with van der Waals surface area (Å²) < 4.78 is 28.2. The van der Waals surface area contributed by atoms with Gasteiger partial charge in [-0.05, 0) is 36.5 Å². The molecule has 3 atom stereocenters. The topological polar surface area (TPSA) is 130 Å². The molecule has 0 saturated carbocycles. The Labute approximate surface area is 221 Å². The summed E-state index contributed by atoms with van der Waals surface area (Å²) in [6.07, 6.45) is -0.321. The van der Waals surface area contributed by atoms with E-state index in [9.17, 15) is 23.1 Å². The molecule has 0 bridgehead atoms. The van der Waals surface area contributed by atoms with E-state index >= 15 is 0 Å². The van der Waals surface area contributed by atoms with Crippen LogP contribution in [0.5, 0.6) is 0 Å². The summed E-state index contributed by atoms with van der Waals surface area (Å²) in [4.78, 5) is 25.2. The Morgan fingerprint density at radius 2 is 1.54 bits per heavy atom. The molecular weight excluding hydrogens is 490 g/mol. The molecule has 0 aliphatic heterocycles. The number of rotatable bonds is 14. The monoisotopic (exact) mass is 531 g/mol. The highest BCUT2D eigenvalue weighted by molar-refractivity contribution is 7.89. The lowest BCUT2D eigenvalue weighted by molar-refractivity contribution is -0.138. The molecule has 2 rings (SSSR count). The fraction of sp³-hybridized carbons (Fsp3) is 0.500. The number of carbonyl (C=O) groups excluding carboxylic acids is 2. The molecule has 2 aromatic rings. The summed E-state index contributed by atoms with van der Waals surface area (Å²) in [5.41, 5.74) is 5.27. The molecule has 2 amide bonds. The number of nitrogens with zero attached hydrogens (tertiary/aromatic N) is 1. The van der Waals surface area contributed by atoms with Crippen LogP contribution in [-0.4, -0.2) is 54.9 Å². The Kier molecular flexibility index (Phi) is 10.8. The second kappa shape index (κ2) is 13.2. The van der Waals surface area contributed by atoms with Gasteiger partial charge in [0.2, 0.25) is 21.8 Å². The molecule has 0 aliphatic carbocycles. The van der Waals surface area contributed by atoms with E-state index in [0.717, 1.165) is 5.56 Å². The maximum atomic E-state index is 13.5. The predicted molar refractivity (Wildman–Crippen MR) is 145 cm³/mol. The van der Waals surface area contributed by atoms with Crippen LogP contribution < -0.4 is 11.1 Å². The van der Waals surface area contributed by atoms with E-state index in [1.54, 1.807) is 39.0 Å². The number of sulfonamides is 1. The van der Waals surface area contributed by atoms with Crippen LogP contribution in [0.3, 0.4) is 0 Å². The number of carbonyl (C=O) groups is 2. The summed E-state index contributed by atoms with van der Waals surface area (Å²) in [6, 6.07) is 16.6. The third-order valence-electron chi connectivity index (χ3n) is 6.93. The Hall–Kier alpha value is -2.75. The summed E-state index contributed by atoms with van der Waals surface area (Å²) in [5, 5.41) is 14.2. The van der Waals surface area contributed by atoms with Gasteiger partial charge >= 0.3 is 0 Å². The van der Waals surface area contributed by atoms with Gasteiger partial charge in [-0.25, -0.2) is 8.42 Å². The van der Waals surface area contributed by atoms with Crippen molar-refractivity contribution in [3.8, 4) is 0 Å². The first-order valence-corrected chi connectivity index (χ1v) is 14.1. The molecule has 9 heteroatoms. The van der Waals surface area contributed by atoms with Crippen LogP contribution in [0.15, 0.2) is 65.6 Å². The van der Waals surface area contributed by atoms with Gasteiger partial charge in [0.15, 0.2) is 0 Å². The number of nitrogens with one attached hydrogen (secondary N) is 1. The van der Waals surface area contributed by atoms with Crippen molar-refractivity contribution < 1.29 is 23.1 Å². The number of hydrogen-bond acceptors (Lipinski definition) is 5. The Morgan fingerprint density at radius 1 is 1.00 bits per heavy atom. The minimum atomic E-state index is -3.88. The van der Waals surface area contributed by atoms with Gasteiger partial charge in [0.25, 0.3) is 0 Å². The first-order chi connectivity index (χ1) is 17.3. The molecule has 0 aliphatic rings. The summed E-state index contributed by atoms with van der Waals surface area (Å²) >= 11 is 0. The van der Waals surface area contributed by atoms with Crippen LogP contribution in [0.25, 0.3) is 0 Å². The third kappa shape index (κ3) is 8.38. The number of benzene rings is 2. The zero-order valence-electron chi connectivity index (χ0n) is 22.4. The normalized spacial score (nSPS) is 14.8. The molecule has 204 valence electrons.